The Morgan fingerprint density at radius 3 is 2.25 bits per heavy atom. The Labute approximate surface area is 127 Å². The minimum Gasteiger partial charge on any atom is -0.457 e. The summed E-state index contributed by atoms with van der Waals surface area (Å²) in [6.45, 7) is 4.94. The topological polar surface area (TPSA) is 35.2 Å². The van der Waals surface area contributed by atoms with Crippen LogP contribution in [0.1, 0.15) is 30.4 Å². The number of para-hydroxylation sites is 2. The van der Waals surface area contributed by atoms with Crippen LogP contribution in [-0.2, 0) is 0 Å². The van der Waals surface area contributed by atoms with Gasteiger partial charge in [-0.05, 0) is 49.1 Å². The SMILES string of the molecule is Cc1ccccc1Oc1ccccc1C(C)CCN.Cl. The lowest BCUT2D eigenvalue weighted by molar-refractivity contribution is 0.466. The normalized spacial score (nSPS) is 11.6. The quantitative estimate of drug-likeness (QED) is 0.869. The molecule has 0 fully saturated rings. The van der Waals surface area contributed by atoms with Crippen LogP contribution in [0.15, 0.2) is 48.5 Å². The van der Waals surface area contributed by atoms with Gasteiger partial charge in [0.05, 0.1) is 0 Å². The van der Waals surface area contributed by atoms with Gasteiger partial charge >= 0.3 is 0 Å². The molecule has 0 aliphatic carbocycles. The van der Waals surface area contributed by atoms with Gasteiger partial charge in [-0.3, -0.25) is 0 Å². The molecule has 0 heterocycles. The summed E-state index contributed by atoms with van der Waals surface area (Å²) in [6, 6.07) is 16.3. The maximum absolute atomic E-state index is 6.07. The molecule has 1 unspecified atom stereocenters. The lowest BCUT2D eigenvalue weighted by Crippen LogP contribution is -2.05. The van der Waals surface area contributed by atoms with Crippen LogP contribution in [0.25, 0.3) is 0 Å². The highest BCUT2D eigenvalue weighted by Gasteiger charge is 2.11. The van der Waals surface area contributed by atoms with Crippen LogP contribution in [0, 0.1) is 6.92 Å². The fraction of sp³-hybridized carbons (Fsp3) is 0.294. The van der Waals surface area contributed by atoms with E-state index in [0.717, 1.165) is 23.5 Å². The van der Waals surface area contributed by atoms with Crippen molar-refractivity contribution in [2.45, 2.75) is 26.2 Å². The summed E-state index contributed by atoms with van der Waals surface area (Å²) in [5.74, 6) is 2.25. The van der Waals surface area contributed by atoms with E-state index in [1.54, 1.807) is 0 Å². The van der Waals surface area contributed by atoms with Crippen molar-refractivity contribution in [3.63, 3.8) is 0 Å². The van der Waals surface area contributed by atoms with Gasteiger partial charge in [0, 0.05) is 0 Å². The summed E-state index contributed by atoms with van der Waals surface area (Å²) in [4.78, 5) is 0. The van der Waals surface area contributed by atoms with Gasteiger partial charge in [0.1, 0.15) is 11.5 Å². The summed E-state index contributed by atoms with van der Waals surface area (Å²) in [5.41, 5.74) is 8.01. The van der Waals surface area contributed by atoms with Crippen molar-refractivity contribution in [3.8, 4) is 11.5 Å². The number of rotatable bonds is 5. The van der Waals surface area contributed by atoms with E-state index in [1.807, 2.05) is 36.4 Å². The van der Waals surface area contributed by atoms with Crippen molar-refractivity contribution in [3.05, 3.63) is 59.7 Å². The van der Waals surface area contributed by atoms with Crippen molar-refractivity contribution < 1.29 is 4.74 Å². The third-order valence-electron chi connectivity index (χ3n) is 3.36. The van der Waals surface area contributed by atoms with E-state index >= 15 is 0 Å². The van der Waals surface area contributed by atoms with Crippen LogP contribution in [0.4, 0.5) is 0 Å². The van der Waals surface area contributed by atoms with Gasteiger partial charge in [0.25, 0.3) is 0 Å². The number of ether oxygens (including phenoxy) is 1. The standard InChI is InChI=1S/C17H21NO.ClH/c1-13(11-12-18)15-8-4-6-10-17(15)19-16-9-5-3-7-14(16)2;/h3-10,13H,11-12,18H2,1-2H3;1H. The molecule has 0 aliphatic heterocycles. The molecule has 2 nitrogen and oxygen atoms in total. The molecule has 2 aromatic rings. The van der Waals surface area contributed by atoms with E-state index in [4.69, 9.17) is 10.5 Å². The first-order valence-corrected chi connectivity index (χ1v) is 6.75. The average Bonchev–Trinajstić information content (AvgIpc) is 2.42. The highest BCUT2D eigenvalue weighted by Crippen LogP contribution is 2.32. The van der Waals surface area contributed by atoms with Crippen molar-refractivity contribution >= 4 is 12.4 Å². The lowest BCUT2D eigenvalue weighted by atomic mass is 9.97. The minimum absolute atomic E-state index is 0. The molecule has 0 saturated heterocycles. The van der Waals surface area contributed by atoms with Crippen molar-refractivity contribution in [2.24, 2.45) is 5.73 Å². The fourth-order valence-electron chi connectivity index (χ4n) is 2.18. The molecule has 2 rings (SSSR count). The third kappa shape index (κ3) is 3.99. The molecule has 3 heteroatoms. The van der Waals surface area contributed by atoms with Crippen LogP contribution in [0.3, 0.4) is 0 Å². The van der Waals surface area contributed by atoms with E-state index in [9.17, 15) is 0 Å². The minimum atomic E-state index is 0. The van der Waals surface area contributed by atoms with Gasteiger partial charge in [-0.1, -0.05) is 43.3 Å². The Morgan fingerprint density at radius 2 is 1.60 bits per heavy atom. The molecule has 2 aromatic carbocycles. The maximum atomic E-state index is 6.07. The van der Waals surface area contributed by atoms with E-state index in [-0.39, 0.29) is 12.4 Å². The van der Waals surface area contributed by atoms with E-state index in [1.165, 1.54) is 5.56 Å². The van der Waals surface area contributed by atoms with Crippen molar-refractivity contribution in [2.75, 3.05) is 6.54 Å². The van der Waals surface area contributed by atoms with Crippen LogP contribution in [0.2, 0.25) is 0 Å². The first kappa shape index (κ1) is 16.5. The molecular weight excluding hydrogens is 270 g/mol. The van der Waals surface area contributed by atoms with Crippen molar-refractivity contribution in [1.29, 1.82) is 0 Å². The molecule has 0 aliphatic rings. The number of hydrogen-bond acceptors (Lipinski definition) is 2. The molecule has 0 amide bonds. The van der Waals surface area contributed by atoms with Gasteiger partial charge in [-0.15, -0.1) is 12.4 Å². The molecule has 0 radical (unpaired) electrons. The number of benzene rings is 2. The Hall–Kier alpha value is -1.51. The second-order valence-corrected chi connectivity index (χ2v) is 4.88. The predicted molar refractivity (Wildman–Crippen MR) is 87.0 cm³/mol. The smallest absolute Gasteiger partial charge is 0.130 e. The highest BCUT2D eigenvalue weighted by molar-refractivity contribution is 5.85. The first-order valence-electron chi connectivity index (χ1n) is 6.75. The Balaban J connectivity index is 0.00000200. The summed E-state index contributed by atoms with van der Waals surface area (Å²) in [7, 11) is 0. The van der Waals surface area contributed by atoms with Gasteiger partial charge < -0.3 is 10.5 Å². The van der Waals surface area contributed by atoms with Crippen LogP contribution < -0.4 is 10.5 Å². The van der Waals surface area contributed by atoms with Gasteiger partial charge in [0.15, 0.2) is 0 Å². The number of halogens is 1. The van der Waals surface area contributed by atoms with Crippen LogP contribution in [0.5, 0.6) is 11.5 Å². The predicted octanol–water partition coefficient (Wildman–Crippen LogP) is 4.66. The number of nitrogens with two attached hydrogens (primary N) is 1. The molecule has 108 valence electrons. The van der Waals surface area contributed by atoms with Crippen molar-refractivity contribution in [1.82, 2.24) is 0 Å². The number of aryl methyl sites for hydroxylation is 1. The molecule has 0 saturated carbocycles. The fourth-order valence-corrected chi connectivity index (χ4v) is 2.18. The molecule has 1 atom stereocenters. The second-order valence-electron chi connectivity index (χ2n) is 4.88. The molecule has 0 aromatic heterocycles. The Kier molecular flexibility index (Phi) is 6.56. The zero-order valence-corrected chi connectivity index (χ0v) is 12.8. The largest absolute Gasteiger partial charge is 0.457 e. The molecule has 0 bridgehead atoms. The third-order valence-corrected chi connectivity index (χ3v) is 3.36. The van der Waals surface area contributed by atoms with Gasteiger partial charge in [-0.2, -0.15) is 0 Å². The Bertz CT molecular complexity index is 542. The lowest BCUT2D eigenvalue weighted by Gasteiger charge is -2.17. The highest BCUT2D eigenvalue weighted by atomic mass is 35.5. The summed E-state index contributed by atoms with van der Waals surface area (Å²) in [5, 5.41) is 0. The molecule has 20 heavy (non-hydrogen) atoms. The zero-order valence-electron chi connectivity index (χ0n) is 12.0. The van der Waals surface area contributed by atoms with E-state index in [0.29, 0.717) is 12.5 Å². The monoisotopic (exact) mass is 291 g/mol. The number of hydrogen-bond donors (Lipinski definition) is 1. The average molecular weight is 292 g/mol. The summed E-state index contributed by atoms with van der Waals surface area (Å²) < 4.78 is 6.07. The summed E-state index contributed by atoms with van der Waals surface area (Å²) >= 11 is 0. The molecular formula is C17H22ClNO. The Morgan fingerprint density at radius 1 is 1.00 bits per heavy atom. The molecule has 0 spiro atoms. The maximum Gasteiger partial charge on any atom is 0.130 e. The van der Waals surface area contributed by atoms with Gasteiger partial charge in [-0.25, -0.2) is 0 Å². The van der Waals surface area contributed by atoms with Crippen LogP contribution >= 0.6 is 12.4 Å². The van der Waals surface area contributed by atoms with E-state index in [2.05, 4.69) is 26.0 Å². The van der Waals surface area contributed by atoms with Crippen LogP contribution in [-0.4, -0.2) is 6.54 Å². The molecule has 2 N–H and O–H groups in total. The zero-order chi connectivity index (χ0) is 13.7. The van der Waals surface area contributed by atoms with Gasteiger partial charge in [0.2, 0.25) is 0 Å². The first-order chi connectivity index (χ1) is 9.22. The van der Waals surface area contributed by atoms with E-state index < -0.39 is 0 Å². The summed E-state index contributed by atoms with van der Waals surface area (Å²) in [6.07, 6.45) is 0.966. The second kappa shape index (κ2) is 7.93.